The minimum absolute atomic E-state index is 0.0659. The van der Waals surface area contributed by atoms with Gasteiger partial charge in [0.15, 0.2) is 0 Å². The smallest absolute Gasteiger partial charge is 0.234 e. The van der Waals surface area contributed by atoms with Gasteiger partial charge in [-0.15, -0.1) is 11.3 Å². The minimum Gasteiger partial charge on any atom is -0.349 e. The standard InChI is InChI=1S/C12H20N4OS/c1-9-15-11(8-18-9)6-14-12(17)7-16-4-2-10(13)3-5-16/h8,10H,2-7,13H2,1H3,(H,14,17). The molecule has 2 heterocycles. The first-order valence-electron chi connectivity index (χ1n) is 6.29. The number of carbonyl (C=O) groups excluding carboxylic acids is 1. The highest BCUT2D eigenvalue weighted by atomic mass is 32.1. The van der Waals surface area contributed by atoms with Crippen molar-refractivity contribution in [2.24, 2.45) is 5.73 Å². The number of thiazole rings is 1. The summed E-state index contributed by atoms with van der Waals surface area (Å²) in [7, 11) is 0. The van der Waals surface area contributed by atoms with Crippen molar-refractivity contribution >= 4 is 17.2 Å². The van der Waals surface area contributed by atoms with Gasteiger partial charge in [-0.05, 0) is 19.8 Å². The van der Waals surface area contributed by atoms with Crippen LogP contribution in [-0.2, 0) is 11.3 Å². The number of nitrogens with two attached hydrogens (primary N) is 1. The predicted octanol–water partition coefficient (Wildman–Crippen LogP) is 0.491. The molecule has 1 aliphatic heterocycles. The number of nitrogens with one attached hydrogen (secondary N) is 1. The fourth-order valence-corrected chi connectivity index (χ4v) is 2.66. The van der Waals surface area contributed by atoms with Crippen LogP contribution >= 0.6 is 11.3 Å². The van der Waals surface area contributed by atoms with Crippen LogP contribution in [0, 0.1) is 6.92 Å². The molecular weight excluding hydrogens is 248 g/mol. The lowest BCUT2D eigenvalue weighted by molar-refractivity contribution is -0.122. The summed E-state index contributed by atoms with van der Waals surface area (Å²) in [4.78, 5) is 18.2. The Kier molecular flexibility index (Phi) is 4.68. The van der Waals surface area contributed by atoms with Crippen LogP contribution < -0.4 is 11.1 Å². The van der Waals surface area contributed by atoms with E-state index in [0.29, 0.717) is 19.1 Å². The highest BCUT2D eigenvalue weighted by Gasteiger charge is 2.17. The van der Waals surface area contributed by atoms with E-state index in [9.17, 15) is 4.79 Å². The van der Waals surface area contributed by atoms with Crippen LogP contribution in [0.4, 0.5) is 0 Å². The highest BCUT2D eigenvalue weighted by molar-refractivity contribution is 7.09. The molecule has 0 spiro atoms. The molecule has 0 aromatic carbocycles. The Bertz CT molecular complexity index is 399. The van der Waals surface area contributed by atoms with Crippen molar-refractivity contribution in [1.29, 1.82) is 0 Å². The number of aromatic nitrogens is 1. The molecule has 6 heteroatoms. The third-order valence-corrected chi connectivity index (χ3v) is 3.96. The molecule has 18 heavy (non-hydrogen) atoms. The van der Waals surface area contributed by atoms with Crippen LogP contribution in [-0.4, -0.2) is 41.5 Å². The average Bonchev–Trinajstić information content (AvgIpc) is 2.76. The topological polar surface area (TPSA) is 71.2 Å². The number of nitrogens with zero attached hydrogens (tertiary/aromatic N) is 2. The zero-order valence-electron chi connectivity index (χ0n) is 10.7. The fraction of sp³-hybridized carbons (Fsp3) is 0.667. The van der Waals surface area contributed by atoms with Crippen LogP contribution in [0.15, 0.2) is 5.38 Å². The summed E-state index contributed by atoms with van der Waals surface area (Å²) in [6.45, 7) is 4.80. The number of aryl methyl sites for hydroxylation is 1. The average molecular weight is 268 g/mol. The molecule has 0 bridgehead atoms. The second-order valence-electron chi connectivity index (χ2n) is 4.75. The maximum atomic E-state index is 11.8. The maximum Gasteiger partial charge on any atom is 0.234 e. The minimum atomic E-state index is 0.0659. The zero-order chi connectivity index (χ0) is 13.0. The third-order valence-electron chi connectivity index (χ3n) is 3.13. The zero-order valence-corrected chi connectivity index (χ0v) is 11.5. The first-order chi connectivity index (χ1) is 8.63. The summed E-state index contributed by atoms with van der Waals surface area (Å²) in [5, 5.41) is 5.92. The molecule has 0 unspecified atom stereocenters. The molecule has 0 radical (unpaired) electrons. The number of carbonyl (C=O) groups is 1. The van der Waals surface area contributed by atoms with Crippen molar-refractivity contribution in [2.75, 3.05) is 19.6 Å². The molecule has 0 saturated carbocycles. The van der Waals surface area contributed by atoms with Crippen molar-refractivity contribution in [3.63, 3.8) is 0 Å². The number of hydrogen-bond acceptors (Lipinski definition) is 5. The number of likely N-dealkylation sites (tertiary alicyclic amines) is 1. The molecule has 100 valence electrons. The molecule has 1 amide bonds. The van der Waals surface area contributed by atoms with Crippen molar-refractivity contribution in [1.82, 2.24) is 15.2 Å². The number of amides is 1. The van der Waals surface area contributed by atoms with Gasteiger partial charge < -0.3 is 11.1 Å². The Morgan fingerprint density at radius 2 is 2.33 bits per heavy atom. The van der Waals surface area contributed by atoms with E-state index in [2.05, 4.69) is 15.2 Å². The van der Waals surface area contributed by atoms with E-state index >= 15 is 0 Å². The van der Waals surface area contributed by atoms with Gasteiger partial charge >= 0.3 is 0 Å². The second-order valence-corrected chi connectivity index (χ2v) is 5.81. The molecule has 2 rings (SSSR count). The molecular formula is C12H20N4OS. The predicted molar refractivity (Wildman–Crippen MR) is 72.3 cm³/mol. The Morgan fingerprint density at radius 3 is 2.94 bits per heavy atom. The molecule has 3 N–H and O–H groups in total. The van der Waals surface area contributed by atoms with Gasteiger partial charge in [0.1, 0.15) is 0 Å². The maximum absolute atomic E-state index is 11.8. The molecule has 1 aliphatic rings. The van der Waals surface area contributed by atoms with E-state index in [1.807, 2.05) is 12.3 Å². The molecule has 0 aliphatic carbocycles. The highest BCUT2D eigenvalue weighted by Crippen LogP contribution is 2.08. The van der Waals surface area contributed by atoms with Gasteiger partial charge in [0.25, 0.3) is 0 Å². The van der Waals surface area contributed by atoms with E-state index < -0.39 is 0 Å². The van der Waals surface area contributed by atoms with Gasteiger partial charge in [-0.25, -0.2) is 4.98 Å². The third kappa shape index (κ3) is 4.04. The number of rotatable bonds is 4. The monoisotopic (exact) mass is 268 g/mol. The Hall–Kier alpha value is -0.980. The fourth-order valence-electron chi connectivity index (χ4n) is 2.05. The van der Waals surface area contributed by atoms with E-state index in [4.69, 9.17) is 5.73 Å². The Labute approximate surface area is 111 Å². The van der Waals surface area contributed by atoms with Crippen LogP contribution in [0.2, 0.25) is 0 Å². The first-order valence-corrected chi connectivity index (χ1v) is 7.17. The van der Waals surface area contributed by atoms with Crippen LogP contribution in [0.5, 0.6) is 0 Å². The van der Waals surface area contributed by atoms with Gasteiger partial charge in [-0.1, -0.05) is 0 Å². The molecule has 5 nitrogen and oxygen atoms in total. The summed E-state index contributed by atoms with van der Waals surface area (Å²) in [6.07, 6.45) is 1.97. The summed E-state index contributed by atoms with van der Waals surface area (Å²) in [5.41, 5.74) is 6.77. The van der Waals surface area contributed by atoms with Crippen LogP contribution in [0.1, 0.15) is 23.5 Å². The van der Waals surface area contributed by atoms with Crippen LogP contribution in [0.25, 0.3) is 0 Å². The summed E-state index contributed by atoms with van der Waals surface area (Å²) in [6, 6.07) is 0.308. The molecule has 0 atom stereocenters. The SMILES string of the molecule is Cc1nc(CNC(=O)CN2CCC(N)CC2)cs1. The summed E-state index contributed by atoms with van der Waals surface area (Å²) < 4.78 is 0. The molecule has 1 aromatic heterocycles. The lowest BCUT2D eigenvalue weighted by Crippen LogP contribution is -2.44. The Balaban J connectivity index is 1.69. The number of hydrogen-bond donors (Lipinski definition) is 2. The quantitative estimate of drug-likeness (QED) is 0.834. The first kappa shape index (κ1) is 13.5. The molecule has 1 aromatic rings. The Morgan fingerprint density at radius 1 is 1.61 bits per heavy atom. The van der Waals surface area contributed by atoms with E-state index in [1.54, 1.807) is 11.3 Å². The van der Waals surface area contributed by atoms with Crippen molar-refractivity contribution in [3.05, 3.63) is 16.1 Å². The molecule has 1 saturated heterocycles. The van der Waals surface area contributed by atoms with Gasteiger partial charge in [0.05, 0.1) is 23.8 Å². The van der Waals surface area contributed by atoms with Crippen molar-refractivity contribution in [3.8, 4) is 0 Å². The van der Waals surface area contributed by atoms with E-state index in [0.717, 1.165) is 36.6 Å². The van der Waals surface area contributed by atoms with Gasteiger partial charge in [-0.3, -0.25) is 9.69 Å². The lowest BCUT2D eigenvalue weighted by atomic mass is 10.1. The second kappa shape index (κ2) is 6.26. The van der Waals surface area contributed by atoms with E-state index in [1.165, 1.54) is 0 Å². The van der Waals surface area contributed by atoms with Gasteiger partial charge in [-0.2, -0.15) is 0 Å². The lowest BCUT2D eigenvalue weighted by Gasteiger charge is -2.29. The largest absolute Gasteiger partial charge is 0.349 e. The normalized spacial score (nSPS) is 17.9. The summed E-state index contributed by atoms with van der Waals surface area (Å²) >= 11 is 1.61. The van der Waals surface area contributed by atoms with Crippen molar-refractivity contribution < 1.29 is 4.79 Å². The van der Waals surface area contributed by atoms with Gasteiger partial charge in [0, 0.05) is 24.5 Å². The summed E-state index contributed by atoms with van der Waals surface area (Å²) in [5.74, 6) is 0.0659. The van der Waals surface area contributed by atoms with Gasteiger partial charge in [0.2, 0.25) is 5.91 Å². The van der Waals surface area contributed by atoms with E-state index in [-0.39, 0.29) is 5.91 Å². The number of piperidine rings is 1. The van der Waals surface area contributed by atoms with Crippen molar-refractivity contribution in [2.45, 2.75) is 32.4 Å². The van der Waals surface area contributed by atoms with Crippen LogP contribution in [0.3, 0.4) is 0 Å². The molecule has 1 fully saturated rings.